The summed E-state index contributed by atoms with van der Waals surface area (Å²) in [4.78, 5) is 7.00. The van der Waals surface area contributed by atoms with Crippen LogP contribution in [0.2, 0.25) is 0 Å². The van der Waals surface area contributed by atoms with Gasteiger partial charge in [0, 0.05) is 35.4 Å². The molecule has 0 bridgehead atoms. The Hall–Kier alpha value is -1.85. The minimum atomic E-state index is 0. The lowest BCUT2D eigenvalue weighted by atomic mass is 10.2. The molecule has 1 heterocycles. The maximum Gasteiger partial charge on any atom is 0.187 e. The molecule has 0 atom stereocenters. The van der Waals surface area contributed by atoms with E-state index in [2.05, 4.69) is 70.8 Å². The van der Waals surface area contributed by atoms with Crippen LogP contribution in [-0.4, -0.2) is 18.1 Å². The molecule has 1 aromatic heterocycles. The second kappa shape index (κ2) is 8.85. The average Bonchev–Trinajstić information content (AvgIpc) is 3.07. The molecule has 3 aromatic rings. The van der Waals surface area contributed by atoms with E-state index >= 15 is 0 Å². The normalized spacial score (nSPS) is 10.1. The Morgan fingerprint density at radius 2 is 1.62 bits per heavy atom. The first-order valence-corrected chi connectivity index (χ1v) is 8.81. The van der Waals surface area contributed by atoms with Gasteiger partial charge in [0.25, 0.3) is 0 Å². The minimum absolute atomic E-state index is 0. The number of thiazole rings is 1. The number of hydrogen-bond acceptors (Lipinski definition) is 4. The molecular weight excluding hydrogens is 382 g/mol. The third-order valence-corrected chi connectivity index (χ3v) is 4.58. The molecule has 1 N–H and O–H groups in total. The summed E-state index contributed by atoms with van der Waals surface area (Å²) >= 11 is 1.63. The Kier molecular flexibility index (Phi) is 6.82. The number of aromatic nitrogens is 1. The predicted octanol–water partition coefficient (Wildman–Crippen LogP) is 5.98. The molecule has 0 unspecified atom stereocenters. The van der Waals surface area contributed by atoms with E-state index in [1.807, 2.05) is 18.2 Å². The first-order chi connectivity index (χ1) is 11.3. The summed E-state index contributed by atoms with van der Waals surface area (Å²) < 4.78 is 0. The van der Waals surface area contributed by atoms with Gasteiger partial charge < -0.3 is 10.2 Å². The van der Waals surface area contributed by atoms with Crippen LogP contribution < -0.4 is 10.2 Å². The van der Waals surface area contributed by atoms with E-state index in [-0.39, 0.29) is 17.0 Å². The van der Waals surface area contributed by atoms with Gasteiger partial charge in [-0.3, -0.25) is 0 Å². The highest BCUT2D eigenvalue weighted by molar-refractivity contribution is 8.93. The number of rotatable bonds is 6. The van der Waals surface area contributed by atoms with E-state index in [1.165, 1.54) is 5.69 Å². The van der Waals surface area contributed by atoms with Crippen LogP contribution in [0.15, 0.2) is 60.0 Å². The fourth-order valence-corrected chi connectivity index (χ4v) is 3.28. The molecule has 126 valence electrons. The zero-order valence-electron chi connectivity index (χ0n) is 13.9. The fourth-order valence-electron chi connectivity index (χ4n) is 2.54. The highest BCUT2D eigenvalue weighted by Crippen LogP contribution is 2.27. The van der Waals surface area contributed by atoms with Crippen LogP contribution in [0.1, 0.15) is 13.8 Å². The van der Waals surface area contributed by atoms with Gasteiger partial charge >= 0.3 is 0 Å². The molecule has 0 spiro atoms. The third-order valence-electron chi connectivity index (χ3n) is 3.82. The summed E-state index contributed by atoms with van der Waals surface area (Å²) in [5.74, 6) is 0. The first kappa shape index (κ1) is 18.5. The summed E-state index contributed by atoms with van der Waals surface area (Å²) in [6, 6.07) is 18.8. The Balaban J connectivity index is 0.00000208. The van der Waals surface area contributed by atoms with Crippen molar-refractivity contribution < 1.29 is 0 Å². The molecule has 0 aliphatic heterocycles. The van der Waals surface area contributed by atoms with Crippen molar-refractivity contribution in [3.8, 4) is 11.3 Å². The van der Waals surface area contributed by atoms with Crippen molar-refractivity contribution >= 4 is 44.8 Å². The molecule has 0 saturated carbocycles. The Bertz CT molecular complexity index is 737. The first-order valence-electron chi connectivity index (χ1n) is 7.93. The molecule has 24 heavy (non-hydrogen) atoms. The Labute approximate surface area is 158 Å². The predicted molar refractivity (Wildman–Crippen MR) is 111 cm³/mol. The Morgan fingerprint density at radius 1 is 0.958 bits per heavy atom. The standard InChI is InChI=1S/C19H21N3S.BrH/c1-3-22(4-2)17-12-10-16(11-13-17)20-19-21-18(14-23-19)15-8-6-5-7-9-15;/h5-14H,3-4H2,1-2H3,(H,20,21);1H. The number of benzene rings is 2. The van der Waals surface area contributed by atoms with Crippen LogP contribution in [0.3, 0.4) is 0 Å². The fraction of sp³-hybridized carbons (Fsp3) is 0.211. The number of halogens is 1. The van der Waals surface area contributed by atoms with Crippen LogP contribution in [0.5, 0.6) is 0 Å². The van der Waals surface area contributed by atoms with Crippen LogP contribution in [0.4, 0.5) is 16.5 Å². The van der Waals surface area contributed by atoms with Crippen molar-refractivity contribution in [3.05, 3.63) is 60.0 Å². The molecule has 5 heteroatoms. The van der Waals surface area contributed by atoms with E-state index < -0.39 is 0 Å². The van der Waals surface area contributed by atoms with Crippen molar-refractivity contribution in [2.45, 2.75) is 13.8 Å². The van der Waals surface area contributed by atoms with E-state index in [4.69, 9.17) is 0 Å². The molecule has 0 fully saturated rings. The summed E-state index contributed by atoms with van der Waals surface area (Å²) in [5.41, 5.74) is 4.48. The van der Waals surface area contributed by atoms with Crippen molar-refractivity contribution in [2.24, 2.45) is 0 Å². The van der Waals surface area contributed by atoms with Crippen LogP contribution >= 0.6 is 28.3 Å². The number of nitrogens with zero attached hydrogens (tertiary/aromatic N) is 2. The lowest BCUT2D eigenvalue weighted by Crippen LogP contribution is -2.21. The SMILES string of the molecule is Br.CCN(CC)c1ccc(Nc2nc(-c3ccccc3)cs2)cc1. The van der Waals surface area contributed by atoms with Crippen molar-refractivity contribution in [3.63, 3.8) is 0 Å². The second-order valence-electron chi connectivity index (χ2n) is 5.25. The summed E-state index contributed by atoms with van der Waals surface area (Å²) in [6.07, 6.45) is 0. The topological polar surface area (TPSA) is 28.2 Å². The van der Waals surface area contributed by atoms with Gasteiger partial charge in [-0.15, -0.1) is 28.3 Å². The van der Waals surface area contributed by atoms with Crippen LogP contribution in [0, 0.1) is 0 Å². The molecule has 3 nitrogen and oxygen atoms in total. The van der Waals surface area contributed by atoms with Gasteiger partial charge in [-0.05, 0) is 38.1 Å². The van der Waals surface area contributed by atoms with Gasteiger partial charge in [-0.1, -0.05) is 30.3 Å². The molecule has 0 radical (unpaired) electrons. The number of hydrogen-bond donors (Lipinski definition) is 1. The van der Waals surface area contributed by atoms with Gasteiger partial charge in [-0.2, -0.15) is 0 Å². The quantitative estimate of drug-likeness (QED) is 0.548. The highest BCUT2D eigenvalue weighted by Gasteiger charge is 2.05. The smallest absolute Gasteiger partial charge is 0.187 e. The molecule has 2 aromatic carbocycles. The van der Waals surface area contributed by atoms with Crippen LogP contribution in [0.25, 0.3) is 11.3 Å². The molecular formula is C19H22BrN3S. The van der Waals surface area contributed by atoms with Crippen molar-refractivity contribution in [2.75, 3.05) is 23.3 Å². The summed E-state index contributed by atoms with van der Waals surface area (Å²) in [6.45, 7) is 6.40. The third kappa shape index (κ3) is 4.36. The maximum atomic E-state index is 4.66. The van der Waals surface area contributed by atoms with Gasteiger partial charge in [-0.25, -0.2) is 4.98 Å². The Morgan fingerprint density at radius 3 is 2.25 bits per heavy atom. The monoisotopic (exact) mass is 403 g/mol. The molecule has 0 saturated heterocycles. The zero-order valence-corrected chi connectivity index (χ0v) is 16.4. The second-order valence-corrected chi connectivity index (χ2v) is 6.11. The van der Waals surface area contributed by atoms with E-state index in [1.54, 1.807) is 11.3 Å². The highest BCUT2D eigenvalue weighted by atomic mass is 79.9. The molecule has 0 aliphatic rings. The minimum Gasteiger partial charge on any atom is -0.372 e. The zero-order chi connectivity index (χ0) is 16.1. The van der Waals surface area contributed by atoms with Crippen molar-refractivity contribution in [1.29, 1.82) is 0 Å². The molecule has 0 aliphatic carbocycles. The van der Waals surface area contributed by atoms with Gasteiger partial charge in [0.05, 0.1) is 5.69 Å². The summed E-state index contributed by atoms with van der Waals surface area (Å²) in [7, 11) is 0. The lowest BCUT2D eigenvalue weighted by Gasteiger charge is -2.21. The summed E-state index contributed by atoms with van der Waals surface area (Å²) in [5, 5.41) is 6.39. The van der Waals surface area contributed by atoms with Gasteiger partial charge in [0.15, 0.2) is 5.13 Å². The van der Waals surface area contributed by atoms with Gasteiger partial charge in [0.2, 0.25) is 0 Å². The molecule has 3 rings (SSSR count). The molecule has 0 amide bonds. The van der Waals surface area contributed by atoms with Crippen LogP contribution in [-0.2, 0) is 0 Å². The average molecular weight is 404 g/mol. The van der Waals surface area contributed by atoms with Gasteiger partial charge in [0.1, 0.15) is 0 Å². The largest absolute Gasteiger partial charge is 0.372 e. The van der Waals surface area contributed by atoms with E-state index in [0.717, 1.165) is 35.2 Å². The van der Waals surface area contributed by atoms with Crippen molar-refractivity contribution in [1.82, 2.24) is 4.98 Å². The maximum absolute atomic E-state index is 4.66. The van der Waals surface area contributed by atoms with E-state index in [0.29, 0.717) is 0 Å². The number of nitrogens with one attached hydrogen (secondary N) is 1. The van der Waals surface area contributed by atoms with E-state index in [9.17, 15) is 0 Å². The lowest BCUT2D eigenvalue weighted by molar-refractivity contribution is 0.866. The number of anilines is 3.